The first-order valence-corrected chi connectivity index (χ1v) is 5.89. The topological polar surface area (TPSA) is 46.3 Å². The Hall–Kier alpha value is -1.84. The van der Waals surface area contributed by atoms with Crippen molar-refractivity contribution in [3.63, 3.8) is 0 Å². The van der Waals surface area contributed by atoms with Crippen LogP contribution in [0.2, 0.25) is 5.02 Å². The summed E-state index contributed by atoms with van der Waals surface area (Å²) in [6.07, 6.45) is 2.48. The van der Waals surface area contributed by atoms with Gasteiger partial charge in [0.15, 0.2) is 0 Å². The molecule has 0 aliphatic heterocycles. The van der Waals surface area contributed by atoms with Crippen LogP contribution < -0.4 is 0 Å². The van der Waals surface area contributed by atoms with E-state index in [0.29, 0.717) is 16.4 Å². The summed E-state index contributed by atoms with van der Waals surface area (Å²) in [4.78, 5) is 3.92. The van der Waals surface area contributed by atoms with E-state index >= 15 is 0 Å². The molecule has 2 aromatic heterocycles. The van der Waals surface area contributed by atoms with Gasteiger partial charge in [0, 0.05) is 22.8 Å². The van der Waals surface area contributed by atoms with E-state index in [1.807, 2.05) is 6.07 Å². The molecule has 2 heterocycles. The Morgan fingerprint density at radius 2 is 1.89 bits per heavy atom. The Labute approximate surface area is 109 Å². The van der Waals surface area contributed by atoms with Crippen LogP contribution >= 0.6 is 11.6 Å². The fourth-order valence-electron chi connectivity index (χ4n) is 1.88. The largest absolute Gasteiger partial charge is 0.458 e. The number of hydrogen-bond donors (Lipinski definition) is 1. The van der Waals surface area contributed by atoms with E-state index in [-0.39, 0.29) is 0 Å². The van der Waals surface area contributed by atoms with Gasteiger partial charge in [-0.15, -0.1) is 0 Å². The van der Waals surface area contributed by atoms with E-state index < -0.39 is 6.10 Å². The Morgan fingerprint density at radius 1 is 1.11 bits per heavy atom. The summed E-state index contributed by atoms with van der Waals surface area (Å²) in [5.41, 5.74) is 1.46. The van der Waals surface area contributed by atoms with Gasteiger partial charge in [-0.3, -0.25) is 4.98 Å². The molecule has 0 radical (unpaired) electrons. The van der Waals surface area contributed by atoms with Crippen molar-refractivity contribution in [1.29, 1.82) is 0 Å². The van der Waals surface area contributed by atoms with Crippen LogP contribution in [0.15, 0.2) is 53.2 Å². The predicted molar refractivity (Wildman–Crippen MR) is 69.5 cm³/mol. The molecule has 18 heavy (non-hydrogen) atoms. The molecule has 1 N–H and O–H groups in total. The number of benzene rings is 1. The number of nitrogens with zero attached hydrogens (tertiary/aromatic N) is 1. The molecule has 3 aromatic rings. The van der Waals surface area contributed by atoms with E-state index in [0.717, 1.165) is 10.9 Å². The maximum atomic E-state index is 10.2. The molecule has 0 fully saturated rings. The number of hydrogen-bond acceptors (Lipinski definition) is 3. The molecule has 0 saturated carbocycles. The van der Waals surface area contributed by atoms with Gasteiger partial charge in [-0.05, 0) is 42.0 Å². The van der Waals surface area contributed by atoms with Gasteiger partial charge in [-0.1, -0.05) is 11.6 Å². The number of halogens is 1. The highest BCUT2D eigenvalue weighted by molar-refractivity contribution is 6.31. The van der Waals surface area contributed by atoms with Gasteiger partial charge in [0.2, 0.25) is 0 Å². The van der Waals surface area contributed by atoms with Crippen LogP contribution in [0.4, 0.5) is 0 Å². The van der Waals surface area contributed by atoms with E-state index in [1.54, 1.807) is 42.7 Å². The maximum Gasteiger partial charge on any atom is 0.138 e. The molecule has 0 saturated heterocycles. The third-order valence-corrected chi connectivity index (χ3v) is 3.02. The summed E-state index contributed by atoms with van der Waals surface area (Å²) >= 11 is 5.91. The number of pyridine rings is 1. The molecule has 90 valence electrons. The molecule has 0 amide bonds. The molecule has 1 atom stereocenters. The van der Waals surface area contributed by atoms with Crippen molar-refractivity contribution in [2.45, 2.75) is 6.10 Å². The summed E-state index contributed by atoms with van der Waals surface area (Å²) in [6, 6.07) is 10.7. The molecule has 0 spiro atoms. The SMILES string of the molecule is OC(c1ccncc1)c1cc2cc(Cl)ccc2o1. The van der Waals surface area contributed by atoms with Crippen molar-refractivity contribution in [2.75, 3.05) is 0 Å². The lowest BCUT2D eigenvalue weighted by Gasteiger charge is -2.06. The van der Waals surface area contributed by atoms with Gasteiger partial charge in [0.25, 0.3) is 0 Å². The van der Waals surface area contributed by atoms with Gasteiger partial charge in [-0.25, -0.2) is 0 Å². The smallest absolute Gasteiger partial charge is 0.138 e. The number of aromatic nitrogens is 1. The predicted octanol–water partition coefficient (Wildman–Crippen LogP) is 3.56. The van der Waals surface area contributed by atoms with Crippen LogP contribution in [0.1, 0.15) is 17.4 Å². The third kappa shape index (κ3) is 1.98. The standard InChI is InChI=1S/C14H10ClNO2/c15-11-1-2-12-10(7-11)8-13(18-12)14(17)9-3-5-16-6-4-9/h1-8,14,17H. The molecular formula is C14H10ClNO2. The van der Waals surface area contributed by atoms with Crippen molar-refractivity contribution >= 4 is 22.6 Å². The lowest BCUT2D eigenvalue weighted by Crippen LogP contribution is -1.97. The monoisotopic (exact) mass is 259 g/mol. The number of aliphatic hydroxyl groups excluding tert-OH is 1. The van der Waals surface area contributed by atoms with Crippen LogP contribution in [0.25, 0.3) is 11.0 Å². The first-order chi connectivity index (χ1) is 8.74. The van der Waals surface area contributed by atoms with E-state index in [1.165, 1.54) is 0 Å². The summed E-state index contributed by atoms with van der Waals surface area (Å²) in [5.74, 6) is 0.499. The highest BCUT2D eigenvalue weighted by atomic mass is 35.5. The van der Waals surface area contributed by atoms with Crippen LogP contribution in [0.3, 0.4) is 0 Å². The minimum Gasteiger partial charge on any atom is -0.458 e. The van der Waals surface area contributed by atoms with Crippen molar-refractivity contribution in [2.24, 2.45) is 0 Å². The summed E-state index contributed by atoms with van der Waals surface area (Å²) in [7, 11) is 0. The number of aliphatic hydroxyl groups is 1. The normalized spacial score (nSPS) is 12.8. The maximum absolute atomic E-state index is 10.2. The Bertz CT molecular complexity index is 679. The molecule has 1 aromatic carbocycles. The van der Waals surface area contributed by atoms with Crippen LogP contribution in [0, 0.1) is 0 Å². The fraction of sp³-hybridized carbons (Fsp3) is 0.0714. The molecule has 0 bridgehead atoms. The molecule has 4 heteroatoms. The van der Waals surface area contributed by atoms with Crippen molar-refractivity contribution < 1.29 is 9.52 Å². The summed E-state index contributed by atoms with van der Waals surface area (Å²) in [5, 5.41) is 11.7. The molecule has 0 aliphatic rings. The van der Waals surface area contributed by atoms with Gasteiger partial charge in [-0.2, -0.15) is 0 Å². The van der Waals surface area contributed by atoms with E-state index in [4.69, 9.17) is 16.0 Å². The van der Waals surface area contributed by atoms with E-state index in [9.17, 15) is 5.11 Å². The quantitative estimate of drug-likeness (QED) is 0.765. The lowest BCUT2D eigenvalue weighted by molar-refractivity contribution is 0.192. The van der Waals surface area contributed by atoms with Gasteiger partial charge >= 0.3 is 0 Å². The molecule has 3 rings (SSSR count). The minimum absolute atomic E-state index is 0.499. The Kier molecular flexibility index (Phi) is 2.78. The van der Waals surface area contributed by atoms with Crippen LogP contribution in [0.5, 0.6) is 0 Å². The minimum atomic E-state index is -0.792. The second-order valence-electron chi connectivity index (χ2n) is 4.01. The van der Waals surface area contributed by atoms with Gasteiger partial charge < -0.3 is 9.52 Å². The first kappa shape index (κ1) is 11.3. The van der Waals surface area contributed by atoms with E-state index in [2.05, 4.69) is 4.98 Å². The zero-order valence-corrected chi connectivity index (χ0v) is 10.1. The Balaban J connectivity index is 2.04. The average Bonchev–Trinajstić information content (AvgIpc) is 2.81. The Morgan fingerprint density at radius 3 is 2.67 bits per heavy atom. The molecule has 1 unspecified atom stereocenters. The van der Waals surface area contributed by atoms with Crippen molar-refractivity contribution in [3.05, 3.63) is 65.1 Å². The second-order valence-corrected chi connectivity index (χ2v) is 4.45. The highest BCUT2D eigenvalue weighted by Gasteiger charge is 2.15. The highest BCUT2D eigenvalue weighted by Crippen LogP contribution is 2.29. The molecular weight excluding hydrogens is 250 g/mol. The third-order valence-electron chi connectivity index (χ3n) is 2.79. The number of fused-ring (bicyclic) bond motifs is 1. The number of furan rings is 1. The lowest BCUT2D eigenvalue weighted by atomic mass is 10.1. The fourth-order valence-corrected chi connectivity index (χ4v) is 2.06. The first-order valence-electron chi connectivity index (χ1n) is 5.51. The average molecular weight is 260 g/mol. The zero-order chi connectivity index (χ0) is 12.5. The van der Waals surface area contributed by atoms with Crippen LogP contribution in [-0.4, -0.2) is 10.1 Å². The molecule has 0 aliphatic carbocycles. The molecule has 3 nitrogen and oxygen atoms in total. The van der Waals surface area contributed by atoms with Gasteiger partial charge in [0.05, 0.1) is 0 Å². The zero-order valence-electron chi connectivity index (χ0n) is 9.38. The van der Waals surface area contributed by atoms with Crippen LogP contribution in [-0.2, 0) is 0 Å². The second kappa shape index (κ2) is 4.44. The van der Waals surface area contributed by atoms with Crippen molar-refractivity contribution in [1.82, 2.24) is 4.98 Å². The van der Waals surface area contributed by atoms with Gasteiger partial charge in [0.1, 0.15) is 17.4 Å². The van der Waals surface area contributed by atoms with Crippen molar-refractivity contribution in [3.8, 4) is 0 Å². The summed E-state index contributed by atoms with van der Waals surface area (Å²) < 4.78 is 5.61. The number of rotatable bonds is 2. The summed E-state index contributed by atoms with van der Waals surface area (Å²) in [6.45, 7) is 0.